The van der Waals surface area contributed by atoms with Gasteiger partial charge in [-0.15, -0.1) is 0 Å². The fourth-order valence-electron chi connectivity index (χ4n) is 3.42. The van der Waals surface area contributed by atoms with Gasteiger partial charge in [-0.1, -0.05) is 111 Å². The molecule has 0 radical (unpaired) electrons. The molecule has 26 heavy (non-hydrogen) atoms. The van der Waals surface area contributed by atoms with E-state index in [0.717, 1.165) is 18.8 Å². The van der Waals surface area contributed by atoms with E-state index in [9.17, 15) is 4.79 Å². The maximum Gasteiger partial charge on any atom is 0.305 e. The minimum Gasteiger partial charge on any atom is -0.465 e. The monoisotopic (exact) mass is 368 g/mol. The highest BCUT2D eigenvalue weighted by atomic mass is 16.5. The second-order valence-electron chi connectivity index (χ2n) is 8.57. The molecule has 2 heteroatoms. The van der Waals surface area contributed by atoms with E-state index in [4.69, 9.17) is 4.74 Å². The molecule has 1 atom stereocenters. The molecule has 0 rings (SSSR count). The third-order valence-corrected chi connectivity index (χ3v) is 5.44. The normalized spacial score (nSPS) is 12.5. The molecule has 0 aliphatic heterocycles. The highest BCUT2D eigenvalue weighted by Crippen LogP contribution is 2.15. The van der Waals surface area contributed by atoms with Crippen LogP contribution in [0.15, 0.2) is 0 Å². The fourth-order valence-corrected chi connectivity index (χ4v) is 3.42. The van der Waals surface area contributed by atoms with Gasteiger partial charge in [-0.25, -0.2) is 0 Å². The van der Waals surface area contributed by atoms with Gasteiger partial charge in [-0.2, -0.15) is 0 Å². The second-order valence-corrected chi connectivity index (χ2v) is 8.57. The van der Waals surface area contributed by atoms with Gasteiger partial charge in [-0.3, -0.25) is 4.79 Å². The predicted molar refractivity (Wildman–Crippen MR) is 115 cm³/mol. The Bertz CT molecular complexity index is 299. The summed E-state index contributed by atoms with van der Waals surface area (Å²) in [6.07, 6.45) is 19.9. The average Bonchev–Trinajstić information content (AvgIpc) is 2.62. The third-order valence-electron chi connectivity index (χ3n) is 5.44. The van der Waals surface area contributed by atoms with Crippen LogP contribution >= 0.6 is 0 Å². The maximum atomic E-state index is 11.8. The molecule has 0 spiro atoms. The van der Waals surface area contributed by atoms with Crippen molar-refractivity contribution in [3.63, 3.8) is 0 Å². The summed E-state index contributed by atoms with van der Waals surface area (Å²) in [5, 5.41) is 0. The molecule has 1 unspecified atom stereocenters. The van der Waals surface area contributed by atoms with E-state index >= 15 is 0 Å². The van der Waals surface area contributed by atoms with E-state index in [-0.39, 0.29) is 5.97 Å². The lowest BCUT2D eigenvalue weighted by Gasteiger charge is -2.14. The van der Waals surface area contributed by atoms with Crippen molar-refractivity contribution in [3.05, 3.63) is 0 Å². The molecule has 0 aliphatic carbocycles. The van der Waals surface area contributed by atoms with Gasteiger partial charge in [0.1, 0.15) is 0 Å². The first-order valence-corrected chi connectivity index (χ1v) is 11.8. The molecular formula is C24H48O2. The van der Waals surface area contributed by atoms with Gasteiger partial charge in [0.15, 0.2) is 0 Å². The molecule has 156 valence electrons. The van der Waals surface area contributed by atoms with Crippen LogP contribution in [-0.2, 0) is 9.53 Å². The van der Waals surface area contributed by atoms with Gasteiger partial charge >= 0.3 is 5.97 Å². The Labute approximate surface area is 164 Å². The number of carbonyl (C=O) groups excluding carboxylic acids is 1. The maximum absolute atomic E-state index is 11.8. The topological polar surface area (TPSA) is 26.3 Å². The zero-order valence-electron chi connectivity index (χ0n) is 18.5. The summed E-state index contributed by atoms with van der Waals surface area (Å²) in [5.41, 5.74) is 0. The second kappa shape index (κ2) is 19.2. The van der Waals surface area contributed by atoms with Gasteiger partial charge in [-0.05, 0) is 24.7 Å². The minimum absolute atomic E-state index is 0.0151. The summed E-state index contributed by atoms with van der Waals surface area (Å²) in [4.78, 5) is 11.8. The lowest BCUT2D eigenvalue weighted by Crippen LogP contribution is -2.13. The Kier molecular flexibility index (Phi) is 18.8. The van der Waals surface area contributed by atoms with Gasteiger partial charge in [0.05, 0.1) is 6.61 Å². The first-order valence-electron chi connectivity index (χ1n) is 11.8. The van der Waals surface area contributed by atoms with E-state index in [1.807, 2.05) is 0 Å². The highest BCUT2D eigenvalue weighted by Gasteiger charge is 2.09. The molecule has 0 bridgehead atoms. The number of hydrogen-bond donors (Lipinski definition) is 0. The van der Waals surface area contributed by atoms with Crippen molar-refractivity contribution in [3.8, 4) is 0 Å². The molecule has 0 aromatic rings. The quantitative estimate of drug-likeness (QED) is 0.170. The lowest BCUT2D eigenvalue weighted by atomic mass is 10.0. The van der Waals surface area contributed by atoms with Crippen molar-refractivity contribution in [2.45, 2.75) is 130 Å². The molecule has 0 saturated carbocycles. The standard InChI is InChI=1S/C24H48O2/c1-5-7-19-23(6-2)21-26-24(25)20-17-15-13-11-9-8-10-12-14-16-18-22(3)4/h22-23H,5-21H2,1-4H3. The SMILES string of the molecule is CCCCC(CC)COC(=O)CCCCCCCCCCCCC(C)C. The van der Waals surface area contributed by atoms with Crippen LogP contribution in [0, 0.1) is 11.8 Å². The van der Waals surface area contributed by atoms with Gasteiger partial charge in [0.25, 0.3) is 0 Å². The summed E-state index contributed by atoms with van der Waals surface area (Å²) in [7, 11) is 0. The predicted octanol–water partition coefficient (Wildman–Crippen LogP) is 8.08. The van der Waals surface area contributed by atoms with Crippen LogP contribution in [0.1, 0.15) is 130 Å². The van der Waals surface area contributed by atoms with Gasteiger partial charge < -0.3 is 4.74 Å². The Morgan fingerprint density at radius 1 is 0.731 bits per heavy atom. The molecule has 0 amide bonds. The smallest absolute Gasteiger partial charge is 0.305 e. The van der Waals surface area contributed by atoms with E-state index in [0.29, 0.717) is 18.9 Å². The van der Waals surface area contributed by atoms with Crippen LogP contribution < -0.4 is 0 Å². The number of unbranched alkanes of at least 4 members (excludes halogenated alkanes) is 10. The fraction of sp³-hybridized carbons (Fsp3) is 0.958. The highest BCUT2D eigenvalue weighted by molar-refractivity contribution is 5.69. The van der Waals surface area contributed by atoms with E-state index in [1.54, 1.807) is 0 Å². The zero-order chi connectivity index (χ0) is 19.5. The molecule has 0 saturated heterocycles. The first kappa shape index (κ1) is 25.5. The summed E-state index contributed by atoms with van der Waals surface area (Å²) >= 11 is 0. The number of hydrogen-bond acceptors (Lipinski definition) is 2. The average molecular weight is 369 g/mol. The Morgan fingerprint density at radius 3 is 1.77 bits per heavy atom. The third kappa shape index (κ3) is 18.3. The van der Waals surface area contributed by atoms with Crippen molar-refractivity contribution in [2.24, 2.45) is 11.8 Å². The van der Waals surface area contributed by atoms with Crippen LogP contribution in [0.2, 0.25) is 0 Å². The van der Waals surface area contributed by atoms with Gasteiger partial charge in [0.2, 0.25) is 0 Å². The minimum atomic E-state index is 0.0151. The molecule has 0 aromatic carbocycles. The Morgan fingerprint density at radius 2 is 1.27 bits per heavy atom. The Hall–Kier alpha value is -0.530. The first-order chi connectivity index (χ1) is 12.6. The molecule has 0 heterocycles. The largest absolute Gasteiger partial charge is 0.465 e. The van der Waals surface area contributed by atoms with Crippen molar-refractivity contribution < 1.29 is 9.53 Å². The van der Waals surface area contributed by atoms with Crippen LogP contribution in [0.25, 0.3) is 0 Å². The van der Waals surface area contributed by atoms with E-state index in [1.165, 1.54) is 83.5 Å². The molecular weight excluding hydrogens is 320 g/mol. The van der Waals surface area contributed by atoms with Crippen molar-refractivity contribution >= 4 is 5.97 Å². The van der Waals surface area contributed by atoms with Crippen LogP contribution in [0.4, 0.5) is 0 Å². The number of rotatable bonds is 19. The number of ether oxygens (including phenoxy) is 1. The van der Waals surface area contributed by atoms with Crippen molar-refractivity contribution in [1.29, 1.82) is 0 Å². The van der Waals surface area contributed by atoms with Crippen LogP contribution in [0.5, 0.6) is 0 Å². The van der Waals surface area contributed by atoms with E-state index in [2.05, 4.69) is 27.7 Å². The van der Waals surface area contributed by atoms with Crippen molar-refractivity contribution in [2.75, 3.05) is 6.61 Å². The molecule has 2 nitrogen and oxygen atoms in total. The van der Waals surface area contributed by atoms with E-state index < -0.39 is 0 Å². The Balaban J connectivity index is 3.32. The molecule has 0 fully saturated rings. The summed E-state index contributed by atoms with van der Waals surface area (Å²) in [6.45, 7) is 9.67. The van der Waals surface area contributed by atoms with Crippen LogP contribution in [0.3, 0.4) is 0 Å². The summed E-state index contributed by atoms with van der Waals surface area (Å²) < 4.78 is 5.46. The zero-order valence-corrected chi connectivity index (χ0v) is 18.5. The summed E-state index contributed by atoms with van der Waals surface area (Å²) in [6, 6.07) is 0. The molecule has 0 aromatic heterocycles. The van der Waals surface area contributed by atoms with Crippen LogP contribution in [-0.4, -0.2) is 12.6 Å². The molecule has 0 aliphatic rings. The molecule has 0 N–H and O–H groups in total. The summed E-state index contributed by atoms with van der Waals surface area (Å²) in [5.74, 6) is 1.44. The number of esters is 1. The van der Waals surface area contributed by atoms with Gasteiger partial charge in [0, 0.05) is 6.42 Å². The lowest BCUT2D eigenvalue weighted by molar-refractivity contribution is -0.145. The number of carbonyl (C=O) groups is 1. The van der Waals surface area contributed by atoms with Crippen molar-refractivity contribution in [1.82, 2.24) is 0 Å².